The zero-order valence-corrected chi connectivity index (χ0v) is 15.6. The number of nitrogens with zero attached hydrogens (tertiary/aromatic N) is 5. The molecule has 0 saturated heterocycles. The van der Waals surface area contributed by atoms with Crippen molar-refractivity contribution in [3.8, 4) is 0 Å². The van der Waals surface area contributed by atoms with E-state index in [1.165, 1.54) is 25.1 Å². The summed E-state index contributed by atoms with van der Waals surface area (Å²) in [4.78, 5) is 3.70. The largest absolute Gasteiger partial charge is 0.389 e. The summed E-state index contributed by atoms with van der Waals surface area (Å²) >= 11 is 0. The van der Waals surface area contributed by atoms with E-state index >= 15 is 8.78 Å². The molecule has 3 rings (SSSR count). The van der Waals surface area contributed by atoms with Crippen LogP contribution in [0.4, 0.5) is 17.6 Å². The summed E-state index contributed by atoms with van der Waals surface area (Å²) in [6.45, 7) is 0.587. The molecule has 0 aliphatic rings. The molecule has 11 heteroatoms. The fourth-order valence-corrected chi connectivity index (χ4v) is 2.82. The first-order chi connectivity index (χ1) is 14.1. The van der Waals surface area contributed by atoms with Gasteiger partial charge in [-0.3, -0.25) is 4.98 Å². The van der Waals surface area contributed by atoms with Crippen molar-refractivity contribution in [2.45, 2.75) is 31.1 Å². The van der Waals surface area contributed by atoms with Gasteiger partial charge in [-0.2, -0.15) is 8.78 Å². The van der Waals surface area contributed by atoms with Gasteiger partial charge < -0.3 is 10.2 Å². The zero-order valence-electron chi connectivity index (χ0n) is 15.6. The predicted molar refractivity (Wildman–Crippen MR) is 96.9 cm³/mol. The molecule has 3 aromatic rings. The van der Waals surface area contributed by atoms with Gasteiger partial charge in [0.15, 0.2) is 5.60 Å². The lowest BCUT2D eigenvalue weighted by molar-refractivity contribution is -0.207. The van der Waals surface area contributed by atoms with E-state index in [2.05, 4.69) is 20.5 Å². The molecule has 0 fully saturated rings. The number of halogens is 4. The van der Waals surface area contributed by atoms with Crippen molar-refractivity contribution < 1.29 is 27.8 Å². The van der Waals surface area contributed by atoms with Gasteiger partial charge in [-0.15, -0.1) is 5.10 Å². The molecule has 0 aliphatic heterocycles. The first-order valence-corrected chi connectivity index (χ1v) is 8.73. The summed E-state index contributed by atoms with van der Waals surface area (Å²) < 4.78 is 59.5. The van der Waals surface area contributed by atoms with Crippen LogP contribution in [0.1, 0.15) is 23.7 Å². The second-order valence-electron chi connectivity index (χ2n) is 6.64. The number of pyridine rings is 1. The molecule has 158 valence electrons. The van der Waals surface area contributed by atoms with Crippen LogP contribution in [0.5, 0.6) is 0 Å². The third-order valence-electron chi connectivity index (χ3n) is 4.35. The molecule has 7 nitrogen and oxygen atoms in total. The number of hydrogen-bond donors (Lipinski definition) is 2. The second kappa shape index (κ2) is 8.28. The van der Waals surface area contributed by atoms with Crippen molar-refractivity contribution in [3.05, 3.63) is 77.4 Å². The predicted octanol–water partition coefficient (Wildman–Crippen LogP) is 2.42. The molecule has 2 aromatic heterocycles. The van der Waals surface area contributed by atoms with E-state index in [9.17, 15) is 19.0 Å². The van der Waals surface area contributed by atoms with E-state index in [0.29, 0.717) is 11.6 Å². The van der Waals surface area contributed by atoms with Gasteiger partial charge in [-0.25, -0.2) is 13.5 Å². The number of aliphatic hydroxyl groups excluding tert-OH is 1. The van der Waals surface area contributed by atoms with Crippen LogP contribution in [-0.4, -0.2) is 41.5 Å². The first kappa shape index (κ1) is 21.5. The van der Waals surface area contributed by atoms with Gasteiger partial charge in [0.25, 0.3) is 0 Å². The third kappa shape index (κ3) is 4.21. The van der Waals surface area contributed by atoms with E-state index in [0.717, 1.165) is 35.4 Å². The highest BCUT2D eigenvalue weighted by Gasteiger charge is 2.57. The van der Waals surface area contributed by atoms with Crippen molar-refractivity contribution in [2.24, 2.45) is 0 Å². The monoisotopic (exact) mass is 423 g/mol. The molecular weight excluding hydrogens is 406 g/mol. The fourth-order valence-electron chi connectivity index (χ4n) is 2.82. The molecule has 0 bridgehead atoms. The molecule has 0 spiro atoms. The van der Waals surface area contributed by atoms with Gasteiger partial charge in [0.2, 0.25) is 0 Å². The lowest BCUT2D eigenvalue weighted by Gasteiger charge is -2.35. The van der Waals surface area contributed by atoms with Crippen LogP contribution < -0.4 is 0 Å². The van der Waals surface area contributed by atoms with Gasteiger partial charge >= 0.3 is 5.92 Å². The normalized spacial score (nSPS) is 15.3. The summed E-state index contributed by atoms with van der Waals surface area (Å²) in [5.74, 6) is -6.47. The van der Waals surface area contributed by atoms with Crippen LogP contribution in [0.25, 0.3) is 6.08 Å². The average molecular weight is 423 g/mol. The Balaban J connectivity index is 2.07. The van der Waals surface area contributed by atoms with Crippen LogP contribution in [-0.2, 0) is 18.1 Å². The van der Waals surface area contributed by atoms with E-state index in [4.69, 9.17) is 0 Å². The minimum atomic E-state index is -4.12. The molecule has 0 aliphatic carbocycles. The Bertz CT molecular complexity index is 1030. The van der Waals surface area contributed by atoms with E-state index in [1.807, 2.05) is 0 Å². The summed E-state index contributed by atoms with van der Waals surface area (Å²) in [7, 11) is 0. The van der Waals surface area contributed by atoms with Crippen molar-refractivity contribution in [1.29, 1.82) is 0 Å². The number of aliphatic hydroxyl groups is 2. The summed E-state index contributed by atoms with van der Waals surface area (Å²) in [5, 5.41) is 30.4. The Hall–Kier alpha value is -3.18. The van der Waals surface area contributed by atoms with Crippen molar-refractivity contribution in [3.63, 3.8) is 0 Å². The van der Waals surface area contributed by atoms with E-state index < -0.39 is 47.1 Å². The number of hydrogen-bond acceptors (Lipinski definition) is 6. The molecule has 2 heterocycles. The molecular formula is C19H17F4N5O2. The van der Waals surface area contributed by atoms with Gasteiger partial charge in [-0.1, -0.05) is 18.2 Å². The lowest BCUT2D eigenvalue weighted by atomic mass is 9.84. The molecule has 30 heavy (non-hydrogen) atoms. The SMILES string of the molecule is CC(O)/C=C/c1ccc(C(F)(F)C(O)(Cn2cnnn2)c2ccc(F)cc2F)nc1. The van der Waals surface area contributed by atoms with Crippen LogP contribution >= 0.6 is 0 Å². The Morgan fingerprint density at radius 2 is 1.97 bits per heavy atom. The highest BCUT2D eigenvalue weighted by Crippen LogP contribution is 2.46. The molecule has 0 radical (unpaired) electrons. The van der Waals surface area contributed by atoms with Crippen molar-refractivity contribution in [1.82, 2.24) is 25.2 Å². The van der Waals surface area contributed by atoms with Gasteiger partial charge in [0.05, 0.1) is 12.6 Å². The Morgan fingerprint density at radius 3 is 2.53 bits per heavy atom. The van der Waals surface area contributed by atoms with Crippen LogP contribution in [0.2, 0.25) is 0 Å². The van der Waals surface area contributed by atoms with Gasteiger partial charge in [0, 0.05) is 17.8 Å². The maximum absolute atomic E-state index is 15.5. The third-order valence-corrected chi connectivity index (χ3v) is 4.35. The Labute approximate surface area is 168 Å². The first-order valence-electron chi connectivity index (χ1n) is 8.73. The minimum Gasteiger partial charge on any atom is -0.389 e. The minimum absolute atomic E-state index is 0.396. The number of aromatic nitrogens is 5. The zero-order chi connectivity index (χ0) is 21.9. The maximum atomic E-state index is 15.5. The van der Waals surface area contributed by atoms with Gasteiger partial charge in [-0.05, 0) is 41.1 Å². The molecule has 1 aromatic carbocycles. The highest BCUT2D eigenvalue weighted by atomic mass is 19.3. The number of rotatable bonds is 7. The Morgan fingerprint density at radius 1 is 1.20 bits per heavy atom. The molecule has 0 amide bonds. The van der Waals surface area contributed by atoms with E-state index in [-0.39, 0.29) is 0 Å². The molecule has 2 unspecified atom stereocenters. The fraction of sp³-hybridized carbons (Fsp3) is 0.263. The molecule has 0 saturated carbocycles. The van der Waals surface area contributed by atoms with Crippen molar-refractivity contribution >= 4 is 6.08 Å². The number of benzene rings is 1. The smallest absolute Gasteiger partial charge is 0.323 e. The highest BCUT2D eigenvalue weighted by molar-refractivity contribution is 5.48. The molecule has 2 N–H and O–H groups in total. The number of tetrazole rings is 1. The summed E-state index contributed by atoms with van der Waals surface area (Å²) in [6.07, 6.45) is 4.25. The Kier molecular flexibility index (Phi) is 5.94. The standard InChI is InChI=1S/C19H17F4N5O2/c1-12(29)2-3-13-4-7-17(24-9-13)19(22,23)18(30,10-28-11-25-26-27-28)15-6-5-14(20)8-16(15)21/h2-9,11-12,29-30H,10H2,1H3/b3-2+. The summed E-state index contributed by atoms with van der Waals surface area (Å²) in [5.41, 5.74) is -4.46. The van der Waals surface area contributed by atoms with Crippen LogP contribution in [0.3, 0.4) is 0 Å². The summed E-state index contributed by atoms with van der Waals surface area (Å²) in [6, 6.07) is 4.16. The maximum Gasteiger partial charge on any atom is 0.323 e. The topological polar surface area (TPSA) is 97.0 Å². The van der Waals surface area contributed by atoms with E-state index in [1.54, 1.807) is 0 Å². The number of alkyl halides is 2. The average Bonchev–Trinajstić information content (AvgIpc) is 3.19. The lowest BCUT2D eigenvalue weighted by Crippen LogP contribution is -2.48. The quantitative estimate of drug-likeness (QED) is 0.567. The second-order valence-corrected chi connectivity index (χ2v) is 6.64. The van der Waals surface area contributed by atoms with Crippen LogP contribution in [0, 0.1) is 11.6 Å². The van der Waals surface area contributed by atoms with Crippen LogP contribution in [0.15, 0.2) is 48.9 Å². The molecule has 2 atom stereocenters. The van der Waals surface area contributed by atoms with Crippen molar-refractivity contribution in [2.75, 3.05) is 0 Å². The van der Waals surface area contributed by atoms with Gasteiger partial charge in [0.1, 0.15) is 23.7 Å².